The zero-order chi connectivity index (χ0) is 14.2. The molecule has 0 radical (unpaired) electrons. The molecule has 0 saturated carbocycles. The van der Waals surface area contributed by atoms with Crippen LogP contribution in [0.5, 0.6) is 0 Å². The Morgan fingerprint density at radius 3 is 2.63 bits per heavy atom. The smallest absolute Gasteiger partial charge is 0.308 e. The van der Waals surface area contributed by atoms with Crippen molar-refractivity contribution in [3.63, 3.8) is 0 Å². The third kappa shape index (κ3) is 2.33. The Morgan fingerprint density at radius 1 is 1.42 bits per heavy atom. The molecular weight excluding hydrogens is 248 g/mol. The van der Waals surface area contributed by atoms with Crippen molar-refractivity contribution in [1.29, 1.82) is 0 Å². The molecule has 0 aliphatic heterocycles. The van der Waals surface area contributed by atoms with Crippen LogP contribution < -0.4 is 0 Å². The van der Waals surface area contributed by atoms with Gasteiger partial charge in [0.25, 0.3) is 0 Å². The van der Waals surface area contributed by atoms with E-state index in [0.29, 0.717) is 5.82 Å². The standard InChI is InChI=1S/C11H16N6O2/c1-6-5-9(16(4)13-6)10-12-14-15-17(10)8(3)7(2)11(18)19/h5,7-8H,1-4H3,(H,18,19). The van der Waals surface area contributed by atoms with E-state index >= 15 is 0 Å². The first kappa shape index (κ1) is 13.2. The van der Waals surface area contributed by atoms with Gasteiger partial charge in [-0.2, -0.15) is 5.10 Å². The molecule has 2 aromatic heterocycles. The molecule has 0 amide bonds. The summed E-state index contributed by atoms with van der Waals surface area (Å²) >= 11 is 0. The van der Waals surface area contributed by atoms with Crippen LogP contribution >= 0.6 is 0 Å². The average Bonchev–Trinajstić information content (AvgIpc) is 2.93. The number of carbonyl (C=O) groups is 1. The number of carboxylic acid groups (broad SMARTS) is 1. The van der Waals surface area contributed by atoms with Crippen LogP contribution in [0, 0.1) is 12.8 Å². The number of tetrazole rings is 1. The number of nitrogens with zero attached hydrogens (tertiary/aromatic N) is 6. The quantitative estimate of drug-likeness (QED) is 0.871. The van der Waals surface area contributed by atoms with Crippen LogP contribution in [0.4, 0.5) is 0 Å². The van der Waals surface area contributed by atoms with E-state index in [9.17, 15) is 4.79 Å². The molecule has 2 rings (SSSR count). The van der Waals surface area contributed by atoms with Crippen molar-refractivity contribution in [3.8, 4) is 11.5 Å². The highest BCUT2D eigenvalue weighted by Crippen LogP contribution is 2.23. The zero-order valence-electron chi connectivity index (χ0n) is 11.3. The Balaban J connectivity index is 2.43. The summed E-state index contributed by atoms with van der Waals surface area (Å²) in [6.45, 7) is 5.29. The van der Waals surface area contributed by atoms with E-state index in [1.165, 1.54) is 4.68 Å². The summed E-state index contributed by atoms with van der Waals surface area (Å²) in [4.78, 5) is 11.1. The van der Waals surface area contributed by atoms with E-state index in [1.807, 2.05) is 13.0 Å². The van der Waals surface area contributed by atoms with Crippen molar-refractivity contribution in [2.24, 2.45) is 13.0 Å². The van der Waals surface area contributed by atoms with Crippen molar-refractivity contribution in [2.45, 2.75) is 26.8 Å². The van der Waals surface area contributed by atoms with Crippen LogP contribution in [0.15, 0.2) is 6.07 Å². The molecule has 0 aromatic carbocycles. The van der Waals surface area contributed by atoms with Gasteiger partial charge in [0, 0.05) is 7.05 Å². The van der Waals surface area contributed by atoms with Crippen LogP contribution in [0.25, 0.3) is 11.5 Å². The Morgan fingerprint density at radius 2 is 2.11 bits per heavy atom. The van der Waals surface area contributed by atoms with E-state index in [-0.39, 0.29) is 6.04 Å². The fraction of sp³-hybridized carbons (Fsp3) is 0.545. The minimum atomic E-state index is -0.880. The molecule has 0 aliphatic carbocycles. The zero-order valence-corrected chi connectivity index (χ0v) is 11.3. The van der Waals surface area contributed by atoms with Crippen molar-refractivity contribution in [2.75, 3.05) is 0 Å². The van der Waals surface area contributed by atoms with Gasteiger partial charge in [0.1, 0.15) is 5.69 Å². The van der Waals surface area contributed by atoms with Crippen molar-refractivity contribution in [1.82, 2.24) is 30.0 Å². The fourth-order valence-corrected chi connectivity index (χ4v) is 1.87. The van der Waals surface area contributed by atoms with Crippen molar-refractivity contribution >= 4 is 5.97 Å². The Labute approximate surface area is 110 Å². The van der Waals surface area contributed by atoms with Gasteiger partial charge in [-0.15, -0.1) is 5.10 Å². The van der Waals surface area contributed by atoms with Crippen LogP contribution in [0.2, 0.25) is 0 Å². The lowest BCUT2D eigenvalue weighted by molar-refractivity contribution is -0.142. The lowest BCUT2D eigenvalue weighted by Gasteiger charge is -2.17. The Hall–Kier alpha value is -2.25. The molecule has 0 spiro atoms. The van der Waals surface area contributed by atoms with Crippen LogP contribution in [0.1, 0.15) is 25.6 Å². The molecule has 19 heavy (non-hydrogen) atoms. The van der Waals surface area contributed by atoms with Gasteiger partial charge < -0.3 is 5.11 Å². The summed E-state index contributed by atoms with van der Waals surface area (Å²) in [6.07, 6.45) is 0. The predicted molar refractivity (Wildman–Crippen MR) is 66.3 cm³/mol. The van der Waals surface area contributed by atoms with Crippen LogP contribution in [-0.4, -0.2) is 41.1 Å². The van der Waals surface area contributed by atoms with E-state index in [4.69, 9.17) is 5.11 Å². The minimum Gasteiger partial charge on any atom is -0.481 e. The summed E-state index contributed by atoms with van der Waals surface area (Å²) in [6, 6.07) is 1.51. The van der Waals surface area contributed by atoms with Gasteiger partial charge >= 0.3 is 5.97 Å². The topological polar surface area (TPSA) is 98.7 Å². The fourth-order valence-electron chi connectivity index (χ4n) is 1.87. The first-order valence-corrected chi connectivity index (χ1v) is 5.93. The largest absolute Gasteiger partial charge is 0.481 e. The molecule has 2 unspecified atom stereocenters. The molecule has 2 atom stereocenters. The predicted octanol–water partition coefficient (Wildman–Crippen LogP) is 0.664. The molecule has 0 bridgehead atoms. The van der Waals surface area contributed by atoms with Crippen molar-refractivity contribution in [3.05, 3.63) is 11.8 Å². The first-order valence-electron chi connectivity index (χ1n) is 5.93. The molecule has 1 N–H and O–H groups in total. The van der Waals surface area contributed by atoms with Gasteiger partial charge in [-0.3, -0.25) is 9.48 Å². The average molecular weight is 264 g/mol. The number of aliphatic carboxylic acids is 1. The number of hydrogen-bond donors (Lipinski definition) is 1. The van der Waals surface area contributed by atoms with Crippen LogP contribution in [-0.2, 0) is 11.8 Å². The van der Waals surface area contributed by atoms with E-state index < -0.39 is 11.9 Å². The summed E-state index contributed by atoms with van der Waals surface area (Å²) in [5, 5.41) is 24.8. The minimum absolute atomic E-state index is 0.349. The van der Waals surface area contributed by atoms with Gasteiger partial charge in [0.2, 0.25) is 5.82 Å². The van der Waals surface area contributed by atoms with E-state index in [1.54, 1.807) is 25.6 Å². The molecule has 0 saturated heterocycles. The summed E-state index contributed by atoms with van der Waals surface area (Å²) < 4.78 is 3.20. The molecule has 8 heteroatoms. The van der Waals surface area contributed by atoms with Crippen molar-refractivity contribution < 1.29 is 9.90 Å². The maximum atomic E-state index is 11.1. The maximum absolute atomic E-state index is 11.1. The number of hydrogen-bond acceptors (Lipinski definition) is 5. The van der Waals surface area contributed by atoms with Gasteiger partial charge in [0.15, 0.2) is 0 Å². The number of aromatic nitrogens is 6. The van der Waals surface area contributed by atoms with E-state index in [0.717, 1.165) is 11.4 Å². The number of carboxylic acids is 1. The van der Waals surface area contributed by atoms with Gasteiger partial charge in [-0.1, -0.05) is 0 Å². The molecule has 0 aliphatic rings. The second-order valence-corrected chi connectivity index (χ2v) is 4.61. The highest BCUT2D eigenvalue weighted by molar-refractivity contribution is 5.70. The monoisotopic (exact) mass is 264 g/mol. The third-order valence-electron chi connectivity index (χ3n) is 3.22. The summed E-state index contributed by atoms with van der Waals surface area (Å²) in [5.74, 6) is -0.949. The summed E-state index contributed by atoms with van der Waals surface area (Å²) in [7, 11) is 1.80. The SMILES string of the molecule is Cc1cc(-c2nnnn2C(C)C(C)C(=O)O)n(C)n1. The summed E-state index contributed by atoms with van der Waals surface area (Å²) in [5.41, 5.74) is 1.61. The number of rotatable bonds is 4. The molecule has 2 aromatic rings. The Bertz CT molecular complexity index is 602. The molecule has 8 nitrogen and oxygen atoms in total. The third-order valence-corrected chi connectivity index (χ3v) is 3.22. The number of aryl methyl sites for hydroxylation is 2. The second kappa shape index (κ2) is 4.79. The second-order valence-electron chi connectivity index (χ2n) is 4.61. The molecule has 0 fully saturated rings. The van der Waals surface area contributed by atoms with Gasteiger partial charge in [0.05, 0.1) is 17.7 Å². The molecular formula is C11H16N6O2. The highest BCUT2D eigenvalue weighted by atomic mass is 16.4. The molecule has 102 valence electrons. The van der Waals surface area contributed by atoms with Gasteiger partial charge in [-0.25, -0.2) is 4.68 Å². The molecule has 2 heterocycles. The lowest BCUT2D eigenvalue weighted by atomic mass is 10.0. The normalized spacial score (nSPS) is 14.3. The van der Waals surface area contributed by atoms with Gasteiger partial charge in [-0.05, 0) is 37.3 Å². The highest BCUT2D eigenvalue weighted by Gasteiger charge is 2.26. The lowest BCUT2D eigenvalue weighted by Crippen LogP contribution is -2.23. The Kier molecular flexibility index (Phi) is 3.32. The first-order chi connectivity index (χ1) is 8.91. The van der Waals surface area contributed by atoms with Crippen LogP contribution in [0.3, 0.4) is 0 Å². The van der Waals surface area contributed by atoms with E-state index in [2.05, 4.69) is 20.6 Å². The maximum Gasteiger partial charge on any atom is 0.308 e.